The number of aromatic carboxylic acids is 1. The molecule has 1 aliphatic carbocycles. The van der Waals surface area contributed by atoms with Gasteiger partial charge in [0.15, 0.2) is 5.69 Å². The topological polar surface area (TPSA) is 64.3 Å². The fourth-order valence-electron chi connectivity index (χ4n) is 3.12. The number of aryl methyl sites for hydroxylation is 2. The number of fused-ring (bicyclic) bond motifs is 1. The zero-order valence-corrected chi connectivity index (χ0v) is 13.3. The number of aromatic nitrogens is 2. The van der Waals surface area contributed by atoms with Gasteiger partial charge in [-0.3, -0.25) is 4.68 Å². The Morgan fingerprint density at radius 3 is 2.73 bits per heavy atom. The van der Waals surface area contributed by atoms with Crippen molar-refractivity contribution in [3.05, 3.63) is 34.0 Å². The van der Waals surface area contributed by atoms with Crippen LogP contribution in [0.1, 0.15) is 34.5 Å². The Morgan fingerprint density at radius 1 is 1.36 bits per heavy atom. The number of hydrogen-bond acceptors (Lipinski definition) is 3. The highest BCUT2D eigenvalue weighted by Crippen LogP contribution is 2.43. The number of methoxy groups -OCH3 is 1. The van der Waals surface area contributed by atoms with Gasteiger partial charge in [0.1, 0.15) is 5.75 Å². The number of benzene rings is 1. The van der Waals surface area contributed by atoms with Crippen molar-refractivity contribution in [1.29, 1.82) is 0 Å². The van der Waals surface area contributed by atoms with Crippen molar-refractivity contribution in [2.75, 3.05) is 7.11 Å². The van der Waals surface area contributed by atoms with E-state index in [1.807, 2.05) is 6.07 Å². The van der Waals surface area contributed by atoms with Gasteiger partial charge in [-0.1, -0.05) is 11.6 Å². The van der Waals surface area contributed by atoms with E-state index < -0.39 is 5.97 Å². The predicted octanol–water partition coefficient (Wildman–Crippen LogP) is 3.33. The molecule has 0 spiro atoms. The molecule has 1 aliphatic rings. The Morgan fingerprint density at radius 2 is 2.09 bits per heavy atom. The normalized spacial score (nSPS) is 13.8. The molecule has 6 heteroatoms. The molecule has 1 aromatic carbocycles. The third-order valence-electron chi connectivity index (χ3n) is 4.12. The van der Waals surface area contributed by atoms with Gasteiger partial charge >= 0.3 is 5.97 Å². The lowest BCUT2D eigenvalue weighted by atomic mass is 9.86. The number of carboxylic acid groups (broad SMARTS) is 1. The minimum atomic E-state index is -1.04. The first-order valence-electron chi connectivity index (χ1n) is 7.19. The molecule has 2 aromatic rings. The van der Waals surface area contributed by atoms with Crippen LogP contribution in [0.5, 0.6) is 5.75 Å². The Kier molecular flexibility index (Phi) is 3.83. The van der Waals surface area contributed by atoms with Gasteiger partial charge in [0.25, 0.3) is 0 Å². The molecule has 0 fully saturated rings. The van der Waals surface area contributed by atoms with Crippen LogP contribution in [0.15, 0.2) is 12.1 Å². The highest BCUT2D eigenvalue weighted by Gasteiger charge is 2.24. The molecule has 0 radical (unpaired) electrons. The van der Waals surface area contributed by atoms with Crippen molar-refractivity contribution in [3.8, 4) is 17.0 Å². The number of hydrogen-bond donors (Lipinski definition) is 1. The van der Waals surface area contributed by atoms with Crippen molar-refractivity contribution in [2.45, 2.75) is 25.7 Å². The van der Waals surface area contributed by atoms with Crippen LogP contribution in [0, 0.1) is 0 Å². The lowest BCUT2D eigenvalue weighted by Gasteiger charge is -2.22. The summed E-state index contributed by atoms with van der Waals surface area (Å²) < 4.78 is 7.08. The standard InChI is InChI=1S/C16H17ClN2O3/c1-19-13(8-12(18-19)16(20)21)14-10-6-4-3-5-9(10)7-11(17)15(14)22-2/h7-8H,3-6H2,1-2H3,(H,20,21). The number of carboxylic acids is 1. The fraction of sp³-hybridized carbons (Fsp3) is 0.375. The maximum absolute atomic E-state index is 11.2. The van der Waals surface area contributed by atoms with Gasteiger partial charge in [0.05, 0.1) is 17.8 Å². The fourth-order valence-corrected chi connectivity index (χ4v) is 3.43. The molecule has 116 valence electrons. The van der Waals surface area contributed by atoms with Crippen molar-refractivity contribution in [2.24, 2.45) is 7.05 Å². The first-order chi connectivity index (χ1) is 10.5. The maximum atomic E-state index is 11.2. The van der Waals surface area contributed by atoms with Gasteiger partial charge in [-0.05, 0) is 48.9 Å². The lowest BCUT2D eigenvalue weighted by Crippen LogP contribution is -2.08. The summed E-state index contributed by atoms with van der Waals surface area (Å²) in [4.78, 5) is 11.2. The van der Waals surface area contributed by atoms with Gasteiger partial charge < -0.3 is 9.84 Å². The Hall–Kier alpha value is -2.01. The third-order valence-corrected chi connectivity index (χ3v) is 4.40. The van der Waals surface area contributed by atoms with Gasteiger partial charge in [0, 0.05) is 12.6 Å². The molecule has 1 N–H and O–H groups in total. The van der Waals surface area contributed by atoms with Crippen molar-refractivity contribution in [1.82, 2.24) is 9.78 Å². The van der Waals surface area contributed by atoms with Crippen molar-refractivity contribution >= 4 is 17.6 Å². The second-order valence-electron chi connectivity index (χ2n) is 5.45. The number of ether oxygens (including phenoxy) is 1. The summed E-state index contributed by atoms with van der Waals surface area (Å²) in [7, 11) is 3.31. The molecular weight excluding hydrogens is 304 g/mol. The Labute approximate surface area is 133 Å². The van der Waals surface area contributed by atoms with Gasteiger partial charge in [-0.15, -0.1) is 0 Å². The number of carbonyl (C=O) groups is 1. The molecule has 3 rings (SSSR count). The van der Waals surface area contributed by atoms with E-state index in [1.165, 1.54) is 11.1 Å². The molecule has 0 aliphatic heterocycles. The molecule has 1 aromatic heterocycles. The van der Waals surface area contributed by atoms with Gasteiger partial charge in [-0.25, -0.2) is 4.79 Å². The maximum Gasteiger partial charge on any atom is 0.356 e. The minimum Gasteiger partial charge on any atom is -0.494 e. The van der Waals surface area contributed by atoms with E-state index in [4.69, 9.17) is 21.4 Å². The van der Waals surface area contributed by atoms with E-state index in [0.717, 1.165) is 36.9 Å². The van der Waals surface area contributed by atoms with E-state index >= 15 is 0 Å². The highest BCUT2D eigenvalue weighted by atomic mass is 35.5. The predicted molar refractivity (Wildman–Crippen MR) is 83.8 cm³/mol. The van der Waals surface area contributed by atoms with E-state index in [1.54, 1.807) is 24.9 Å². The average molecular weight is 321 g/mol. The van der Waals surface area contributed by atoms with Crippen LogP contribution in [-0.2, 0) is 19.9 Å². The summed E-state index contributed by atoms with van der Waals surface area (Å²) in [6.07, 6.45) is 4.16. The van der Waals surface area contributed by atoms with Crippen LogP contribution in [0.3, 0.4) is 0 Å². The lowest BCUT2D eigenvalue weighted by molar-refractivity contribution is 0.0689. The summed E-state index contributed by atoms with van der Waals surface area (Å²) in [6, 6.07) is 3.54. The zero-order chi connectivity index (χ0) is 15.9. The van der Waals surface area contributed by atoms with Gasteiger partial charge in [-0.2, -0.15) is 5.10 Å². The molecule has 0 bridgehead atoms. The summed E-state index contributed by atoms with van der Waals surface area (Å²) >= 11 is 6.37. The molecule has 0 amide bonds. The molecule has 22 heavy (non-hydrogen) atoms. The summed E-state index contributed by atoms with van der Waals surface area (Å²) in [5.74, 6) is -0.459. The molecule has 0 saturated heterocycles. The molecule has 0 saturated carbocycles. The first-order valence-corrected chi connectivity index (χ1v) is 7.56. The Balaban J connectivity index is 2.29. The van der Waals surface area contributed by atoms with Crippen LogP contribution in [0.25, 0.3) is 11.3 Å². The third kappa shape index (κ3) is 2.35. The SMILES string of the molecule is COc1c(Cl)cc2c(c1-c1cc(C(=O)O)nn1C)CCCC2. The van der Waals surface area contributed by atoms with E-state index in [-0.39, 0.29) is 5.69 Å². The van der Waals surface area contributed by atoms with E-state index in [0.29, 0.717) is 10.8 Å². The average Bonchev–Trinajstić information content (AvgIpc) is 2.87. The van der Waals surface area contributed by atoms with Crippen LogP contribution in [0.2, 0.25) is 5.02 Å². The molecule has 0 atom stereocenters. The number of halogens is 1. The molecular formula is C16H17ClN2O3. The molecule has 1 heterocycles. The summed E-state index contributed by atoms with van der Waals surface area (Å²) in [5, 5.41) is 13.8. The summed E-state index contributed by atoms with van der Waals surface area (Å²) in [5.41, 5.74) is 4.00. The smallest absolute Gasteiger partial charge is 0.356 e. The zero-order valence-electron chi connectivity index (χ0n) is 12.5. The first kappa shape index (κ1) is 14.9. The Bertz CT molecular complexity index is 752. The quantitative estimate of drug-likeness (QED) is 0.942. The van der Waals surface area contributed by atoms with Crippen molar-refractivity contribution in [3.63, 3.8) is 0 Å². The number of rotatable bonds is 3. The molecule has 0 unspecified atom stereocenters. The van der Waals surface area contributed by atoms with Crippen molar-refractivity contribution < 1.29 is 14.6 Å². The van der Waals surface area contributed by atoms with E-state index in [2.05, 4.69) is 5.10 Å². The number of nitrogens with zero attached hydrogens (tertiary/aromatic N) is 2. The minimum absolute atomic E-state index is 0.0177. The van der Waals surface area contributed by atoms with Crippen LogP contribution in [-0.4, -0.2) is 28.0 Å². The van der Waals surface area contributed by atoms with Crippen LogP contribution >= 0.6 is 11.6 Å². The summed E-state index contributed by atoms with van der Waals surface area (Å²) in [6.45, 7) is 0. The van der Waals surface area contributed by atoms with E-state index in [9.17, 15) is 4.79 Å². The van der Waals surface area contributed by atoms with Crippen LogP contribution < -0.4 is 4.74 Å². The van der Waals surface area contributed by atoms with Crippen LogP contribution in [0.4, 0.5) is 0 Å². The second kappa shape index (κ2) is 5.65. The second-order valence-corrected chi connectivity index (χ2v) is 5.86. The largest absolute Gasteiger partial charge is 0.494 e. The highest BCUT2D eigenvalue weighted by molar-refractivity contribution is 6.32. The van der Waals surface area contributed by atoms with Gasteiger partial charge in [0.2, 0.25) is 0 Å². The monoisotopic (exact) mass is 320 g/mol. The molecule has 5 nitrogen and oxygen atoms in total.